The first-order valence-electron chi connectivity index (χ1n) is 6.07. The fourth-order valence-electron chi connectivity index (χ4n) is 2.34. The molecule has 1 aromatic carbocycles. The van der Waals surface area contributed by atoms with Gasteiger partial charge in [-0.1, -0.05) is 0 Å². The van der Waals surface area contributed by atoms with Crippen LogP contribution in [0, 0.1) is 18.7 Å². The molecule has 1 nitrogen and oxygen atoms in total. The lowest BCUT2D eigenvalue weighted by atomic mass is 9.82. The second-order valence-electron chi connectivity index (χ2n) is 4.96. The SMILES string of the molecule is Cc1cc(C(=O)C2CCC(F)(F)CC2)ccc1F. The predicted molar refractivity (Wildman–Crippen MR) is 62.4 cm³/mol. The molecule has 1 aliphatic carbocycles. The molecule has 0 saturated heterocycles. The van der Waals surface area contributed by atoms with Gasteiger partial charge in [0.1, 0.15) is 5.82 Å². The Bertz CT molecular complexity index is 458. The number of rotatable bonds is 2. The molecular formula is C14H15F3O. The molecule has 98 valence electrons. The van der Waals surface area contributed by atoms with Crippen LogP contribution in [0.1, 0.15) is 41.6 Å². The van der Waals surface area contributed by atoms with E-state index in [1.807, 2.05) is 0 Å². The summed E-state index contributed by atoms with van der Waals surface area (Å²) >= 11 is 0. The summed E-state index contributed by atoms with van der Waals surface area (Å²) in [5.41, 5.74) is 0.825. The predicted octanol–water partition coefficient (Wildman–Crippen LogP) is 4.14. The molecule has 1 fully saturated rings. The molecule has 0 radical (unpaired) electrons. The summed E-state index contributed by atoms with van der Waals surface area (Å²) in [6, 6.07) is 4.17. The van der Waals surface area contributed by atoms with Gasteiger partial charge >= 0.3 is 0 Å². The third-order valence-electron chi connectivity index (χ3n) is 3.53. The van der Waals surface area contributed by atoms with Gasteiger partial charge in [0.25, 0.3) is 0 Å². The van der Waals surface area contributed by atoms with Crippen molar-refractivity contribution in [2.24, 2.45) is 5.92 Å². The van der Waals surface area contributed by atoms with Crippen molar-refractivity contribution in [3.8, 4) is 0 Å². The van der Waals surface area contributed by atoms with E-state index in [9.17, 15) is 18.0 Å². The van der Waals surface area contributed by atoms with Gasteiger partial charge in [0.2, 0.25) is 5.92 Å². The molecule has 0 aromatic heterocycles. The Morgan fingerprint density at radius 3 is 2.44 bits per heavy atom. The first kappa shape index (κ1) is 13.1. The van der Waals surface area contributed by atoms with Crippen LogP contribution in [-0.4, -0.2) is 11.7 Å². The minimum Gasteiger partial charge on any atom is -0.294 e. The molecule has 2 rings (SSSR count). The standard InChI is InChI=1S/C14H15F3O/c1-9-8-11(2-3-12(9)15)13(18)10-4-6-14(16,17)7-5-10/h2-3,8,10H,4-7H2,1H3. The maximum absolute atomic E-state index is 13.1. The Morgan fingerprint density at radius 2 is 1.89 bits per heavy atom. The largest absolute Gasteiger partial charge is 0.294 e. The highest BCUT2D eigenvalue weighted by atomic mass is 19.3. The summed E-state index contributed by atoms with van der Waals surface area (Å²) in [5, 5.41) is 0. The summed E-state index contributed by atoms with van der Waals surface area (Å²) < 4.78 is 39.1. The molecule has 4 heteroatoms. The zero-order chi connectivity index (χ0) is 13.3. The molecule has 0 bridgehead atoms. The molecule has 0 aliphatic heterocycles. The van der Waals surface area contributed by atoms with Crippen molar-refractivity contribution in [2.75, 3.05) is 0 Å². The Labute approximate surface area is 104 Å². The number of carbonyl (C=O) groups excluding carboxylic acids is 1. The average Bonchev–Trinajstić information content (AvgIpc) is 2.32. The van der Waals surface area contributed by atoms with Crippen molar-refractivity contribution in [2.45, 2.75) is 38.5 Å². The van der Waals surface area contributed by atoms with Crippen molar-refractivity contribution in [3.05, 3.63) is 35.1 Å². The number of halogens is 3. The van der Waals surface area contributed by atoms with E-state index in [1.54, 1.807) is 6.92 Å². The van der Waals surface area contributed by atoms with E-state index in [1.165, 1.54) is 18.2 Å². The van der Waals surface area contributed by atoms with Gasteiger partial charge in [-0.3, -0.25) is 4.79 Å². The summed E-state index contributed by atoms with van der Waals surface area (Å²) in [6.07, 6.45) is -0.0440. The first-order chi connectivity index (χ1) is 8.39. The van der Waals surface area contributed by atoms with Crippen LogP contribution >= 0.6 is 0 Å². The summed E-state index contributed by atoms with van der Waals surface area (Å²) in [4.78, 5) is 12.1. The number of aryl methyl sites for hydroxylation is 1. The van der Waals surface area contributed by atoms with E-state index in [2.05, 4.69) is 0 Å². The highest BCUT2D eigenvalue weighted by Crippen LogP contribution is 2.37. The van der Waals surface area contributed by atoms with Crippen LogP contribution in [0.4, 0.5) is 13.2 Å². The molecule has 1 aromatic rings. The highest BCUT2D eigenvalue weighted by Gasteiger charge is 2.37. The summed E-state index contributed by atoms with van der Waals surface area (Å²) in [5.74, 6) is -3.49. The number of ketones is 1. The third-order valence-corrected chi connectivity index (χ3v) is 3.53. The maximum atomic E-state index is 13.1. The fraction of sp³-hybridized carbons (Fsp3) is 0.500. The number of Topliss-reactive ketones (excluding diaryl/α,β-unsaturated/α-hetero) is 1. The van der Waals surface area contributed by atoms with Crippen molar-refractivity contribution < 1.29 is 18.0 Å². The highest BCUT2D eigenvalue weighted by molar-refractivity contribution is 5.98. The van der Waals surface area contributed by atoms with E-state index in [4.69, 9.17) is 0 Å². The normalized spacial score (nSPS) is 19.8. The van der Waals surface area contributed by atoms with E-state index in [0.717, 1.165) is 0 Å². The Morgan fingerprint density at radius 1 is 1.28 bits per heavy atom. The van der Waals surface area contributed by atoms with Crippen LogP contribution in [0.2, 0.25) is 0 Å². The van der Waals surface area contributed by atoms with Crippen LogP contribution in [0.5, 0.6) is 0 Å². The lowest BCUT2D eigenvalue weighted by molar-refractivity contribution is -0.0424. The van der Waals surface area contributed by atoms with E-state index in [0.29, 0.717) is 11.1 Å². The molecule has 0 unspecified atom stereocenters. The quantitative estimate of drug-likeness (QED) is 0.727. The first-order valence-corrected chi connectivity index (χ1v) is 6.07. The van der Waals surface area contributed by atoms with Gasteiger partial charge in [0.15, 0.2) is 5.78 Å². The summed E-state index contributed by atoms with van der Waals surface area (Å²) in [6.45, 7) is 1.58. The second-order valence-corrected chi connectivity index (χ2v) is 4.96. The Balaban J connectivity index is 2.10. The minimum absolute atomic E-state index is 0.145. The van der Waals surface area contributed by atoms with Crippen LogP contribution in [-0.2, 0) is 0 Å². The van der Waals surface area contributed by atoms with E-state index in [-0.39, 0.29) is 43.2 Å². The zero-order valence-electron chi connectivity index (χ0n) is 10.2. The molecule has 0 heterocycles. The topological polar surface area (TPSA) is 17.1 Å². The van der Waals surface area contributed by atoms with Crippen LogP contribution in [0.3, 0.4) is 0 Å². The number of carbonyl (C=O) groups is 1. The number of alkyl halides is 2. The maximum Gasteiger partial charge on any atom is 0.248 e. The lowest BCUT2D eigenvalue weighted by Gasteiger charge is -2.27. The van der Waals surface area contributed by atoms with Gasteiger partial charge in [0.05, 0.1) is 0 Å². The Hall–Kier alpha value is -1.32. The molecule has 18 heavy (non-hydrogen) atoms. The number of hydrogen-bond donors (Lipinski definition) is 0. The van der Waals surface area contributed by atoms with Gasteiger partial charge in [-0.25, -0.2) is 13.2 Å². The smallest absolute Gasteiger partial charge is 0.248 e. The average molecular weight is 256 g/mol. The summed E-state index contributed by atoms with van der Waals surface area (Å²) in [7, 11) is 0. The minimum atomic E-state index is -2.63. The van der Waals surface area contributed by atoms with Crippen molar-refractivity contribution in [1.82, 2.24) is 0 Å². The monoisotopic (exact) mass is 256 g/mol. The van der Waals surface area contributed by atoms with Crippen molar-refractivity contribution in [1.29, 1.82) is 0 Å². The fourth-order valence-corrected chi connectivity index (χ4v) is 2.34. The lowest BCUT2D eigenvalue weighted by Crippen LogP contribution is -2.28. The molecule has 1 aliphatic rings. The zero-order valence-corrected chi connectivity index (χ0v) is 10.2. The molecule has 0 N–H and O–H groups in total. The molecule has 0 spiro atoms. The molecule has 0 amide bonds. The van der Waals surface area contributed by atoms with Gasteiger partial charge < -0.3 is 0 Å². The van der Waals surface area contributed by atoms with Crippen molar-refractivity contribution >= 4 is 5.78 Å². The van der Waals surface area contributed by atoms with Gasteiger partial charge in [-0.15, -0.1) is 0 Å². The van der Waals surface area contributed by atoms with E-state index >= 15 is 0 Å². The second kappa shape index (κ2) is 4.75. The van der Waals surface area contributed by atoms with Crippen LogP contribution in [0.15, 0.2) is 18.2 Å². The third kappa shape index (κ3) is 2.74. The number of hydrogen-bond acceptors (Lipinski definition) is 1. The van der Waals surface area contributed by atoms with Crippen LogP contribution < -0.4 is 0 Å². The van der Waals surface area contributed by atoms with Crippen molar-refractivity contribution in [3.63, 3.8) is 0 Å². The van der Waals surface area contributed by atoms with Crippen LogP contribution in [0.25, 0.3) is 0 Å². The molecule has 0 atom stereocenters. The van der Waals surface area contributed by atoms with Gasteiger partial charge in [0, 0.05) is 24.3 Å². The number of benzene rings is 1. The van der Waals surface area contributed by atoms with Gasteiger partial charge in [-0.2, -0.15) is 0 Å². The molecule has 1 saturated carbocycles. The Kier molecular flexibility index (Phi) is 3.46. The molecular weight excluding hydrogens is 241 g/mol. The van der Waals surface area contributed by atoms with E-state index < -0.39 is 5.92 Å². The van der Waals surface area contributed by atoms with Gasteiger partial charge in [-0.05, 0) is 43.5 Å².